The maximum absolute atomic E-state index is 12.2. The van der Waals surface area contributed by atoms with Crippen LogP contribution >= 0.6 is 23.5 Å². The van der Waals surface area contributed by atoms with Gasteiger partial charge in [-0.15, -0.1) is 22.0 Å². The molecule has 1 aliphatic carbocycles. The number of nitrogens with zero attached hydrogens (tertiary/aromatic N) is 4. The van der Waals surface area contributed by atoms with Gasteiger partial charge in [0.05, 0.1) is 23.3 Å². The lowest BCUT2D eigenvalue weighted by molar-refractivity contribution is -0.113. The molecule has 1 aromatic carbocycles. The number of anilines is 1. The molecule has 0 spiro atoms. The van der Waals surface area contributed by atoms with E-state index >= 15 is 0 Å². The van der Waals surface area contributed by atoms with Crippen LogP contribution in [0.15, 0.2) is 40.6 Å². The van der Waals surface area contributed by atoms with Gasteiger partial charge in [0.15, 0.2) is 5.16 Å². The monoisotopic (exact) mass is 345 g/mol. The molecule has 23 heavy (non-hydrogen) atoms. The molecule has 1 aromatic heterocycles. The molecule has 0 aliphatic heterocycles. The second-order valence-corrected chi connectivity index (χ2v) is 6.99. The molecule has 0 radical (unpaired) electrons. The number of amides is 1. The predicted octanol–water partition coefficient (Wildman–Crippen LogP) is 2.96. The van der Waals surface area contributed by atoms with E-state index in [0.717, 1.165) is 28.6 Å². The van der Waals surface area contributed by atoms with E-state index in [0.29, 0.717) is 11.8 Å². The van der Waals surface area contributed by atoms with Gasteiger partial charge in [0.25, 0.3) is 0 Å². The number of hydrogen-bond donors (Lipinski definition) is 1. The number of para-hydroxylation sites is 1. The first-order valence-corrected chi connectivity index (χ1v) is 9.16. The molecule has 0 saturated heterocycles. The molecule has 1 fully saturated rings. The lowest BCUT2D eigenvalue weighted by Gasteiger charge is -2.09. The number of nitrogens with one attached hydrogen (secondary N) is 1. The third-order valence-electron chi connectivity index (χ3n) is 3.27. The Morgan fingerprint density at radius 1 is 1.39 bits per heavy atom. The number of aromatic nitrogens is 3. The third-order valence-corrected chi connectivity index (χ3v) is 5.16. The van der Waals surface area contributed by atoms with Crippen molar-refractivity contribution in [2.45, 2.75) is 28.9 Å². The summed E-state index contributed by atoms with van der Waals surface area (Å²) in [6.07, 6.45) is 4.04. The van der Waals surface area contributed by atoms with E-state index in [1.165, 1.54) is 23.5 Å². The minimum Gasteiger partial charge on any atom is -0.324 e. The molecule has 2 aromatic rings. The molecule has 1 N–H and O–H groups in total. The quantitative estimate of drug-likeness (QED) is 0.777. The summed E-state index contributed by atoms with van der Waals surface area (Å²) in [5, 5.41) is 20.4. The molecule has 0 bridgehead atoms. The molecule has 1 saturated carbocycles. The standard InChI is InChI=1S/C15H15N5OS2/c16-7-8-22-13-4-2-1-3-12(13)18-14(21)9-23-15-19-17-10-20(15)11-5-6-11/h1-4,10-11H,5-6,8-9H2,(H,18,21). The van der Waals surface area contributed by atoms with Crippen LogP contribution in [0.5, 0.6) is 0 Å². The van der Waals surface area contributed by atoms with Crippen molar-refractivity contribution in [2.75, 3.05) is 16.8 Å². The first-order chi connectivity index (χ1) is 11.3. The molecule has 6 nitrogen and oxygen atoms in total. The van der Waals surface area contributed by atoms with Gasteiger partial charge in [0.2, 0.25) is 5.91 Å². The second kappa shape index (κ2) is 7.53. The van der Waals surface area contributed by atoms with Crippen molar-refractivity contribution in [3.05, 3.63) is 30.6 Å². The Hall–Kier alpha value is -1.98. The van der Waals surface area contributed by atoms with E-state index < -0.39 is 0 Å². The lowest BCUT2D eigenvalue weighted by atomic mass is 10.3. The van der Waals surface area contributed by atoms with Gasteiger partial charge in [-0.05, 0) is 25.0 Å². The van der Waals surface area contributed by atoms with Crippen LogP contribution in [0.25, 0.3) is 0 Å². The zero-order chi connectivity index (χ0) is 16.1. The normalized spacial score (nSPS) is 13.5. The van der Waals surface area contributed by atoms with Gasteiger partial charge in [-0.25, -0.2) is 0 Å². The highest BCUT2D eigenvalue weighted by atomic mass is 32.2. The molecule has 1 heterocycles. The molecule has 0 unspecified atom stereocenters. The summed E-state index contributed by atoms with van der Waals surface area (Å²) in [4.78, 5) is 13.1. The van der Waals surface area contributed by atoms with Crippen molar-refractivity contribution in [1.82, 2.24) is 14.8 Å². The summed E-state index contributed by atoms with van der Waals surface area (Å²) in [5.74, 6) is 0.541. The van der Waals surface area contributed by atoms with Crippen molar-refractivity contribution >= 4 is 35.1 Å². The second-order valence-electron chi connectivity index (χ2n) is 5.03. The zero-order valence-electron chi connectivity index (χ0n) is 12.3. The van der Waals surface area contributed by atoms with Gasteiger partial charge in [-0.1, -0.05) is 23.9 Å². The van der Waals surface area contributed by atoms with Crippen molar-refractivity contribution < 1.29 is 4.79 Å². The largest absolute Gasteiger partial charge is 0.324 e. The fraction of sp³-hybridized carbons (Fsp3) is 0.333. The number of carbonyl (C=O) groups is 1. The highest BCUT2D eigenvalue weighted by molar-refractivity contribution is 8.00. The van der Waals surface area contributed by atoms with Gasteiger partial charge >= 0.3 is 0 Å². The Kier molecular flexibility index (Phi) is 5.20. The van der Waals surface area contributed by atoms with E-state index in [1.807, 2.05) is 28.8 Å². The van der Waals surface area contributed by atoms with Crippen molar-refractivity contribution in [1.29, 1.82) is 5.26 Å². The minimum atomic E-state index is -0.0923. The average Bonchev–Trinajstić information content (AvgIpc) is 3.30. The summed E-state index contributed by atoms with van der Waals surface area (Å²) < 4.78 is 2.04. The van der Waals surface area contributed by atoms with Crippen LogP contribution in [-0.4, -0.2) is 32.2 Å². The van der Waals surface area contributed by atoms with E-state index in [9.17, 15) is 4.79 Å². The van der Waals surface area contributed by atoms with E-state index in [-0.39, 0.29) is 11.7 Å². The third kappa shape index (κ3) is 4.27. The highest BCUT2D eigenvalue weighted by Gasteiger charge is 2.26. The molecule has 8 heteroatoms. The van der Waals surface area contributed by atoms with E-state index in [2.05, 4.69) is 21.6 Å². The molecule has 118 valence electrons. The van der Waals surface area contributed by atoms with Crippen molar-refractivity contribution in [3.8, 4) is 6.07 Å². The van der Waals surface area contributed by atoms with E-state index in [1.54, 1.807) is 6.33 Å². The fourth-order valence-corrected chi connectivity index (χ4v) is 3.51. The summed E-state index contributed by atoms with van der Waals surface area (Å²) in [7, 11) is 0. The Balaban J connectivity index is 1.57. The maximum Gasteiger partial charge on any atom is 0.234 e. The Morgan fingerprint density at radius 2 is 2.22 bits per heavy atom. The first-order valence-electron chi connectivity index (χ1n) is 7.19. The SMILES string of the molecule is N#CCSc1ccccc1NC(=O)CSc1nncn1C1CC1. The Morgan fingerprint density at radius 3 is 3.00 bits per heavy atom. The number of carbonyl (C=O) groups excluding carboxylic acids is 1. The van der Waals surface area contributed by atoms with Gasteiger partial charge in [0.1, 0.15) is 6.33 Å². The van der Waals surface area contributed by atoms with Crippen LogP contribution in [0.2, 0.25) is 0 Å². The predicted molar refractivity (Wildman–Crippen MR) is 90.4 cm³/mol. The molecule has 0 atom stereocenters. The Bertz CT molecular complexity index is 735. The van der Waals surface area contributed by atoms with Crippen LogP contribution in [0.1, 0.15) is 18.9 Å². The topological polar surface area (TPSA) is 83.6 Å². The van der Waals surface area contributed by atoms with Gasteiger partial charge in [-0.3, -0.25) is 4.79 Å². The fourth-order valence-electron chi connectivity index (χ4n) is 2.06. The smallest absolute Gasteiger partial charge is 0.234 e. The summed E-state index contributed by atoms with van der Waals surface area (Å²) >= 11 is 2.80. The Labute approximate surface area is 142 Å². The maximum atomic E-state index is 12.2. The van der Waals surface area contributed by atoms with Gasteiger partial charge in [-0.2, -0.15) is 5.26 Å². The molecular formula is C15H15N5OS2. The molecule has 1 aliphatic rings. The number of nitriles is 1. The van der Waals surface area contributed by atoms with Crippen molar-refractivity contribution in [2.24, 2.45) is 0 Å². The number of thioether (sulfide) groups is 2. The van der Waals surface area contributed by atoms with Gasteiger partial charge in [0, 0.05) is 10.9 Å². The number of hydrogen-bond acceptors (Lipinski definition) is 6. The van der Waals surface area contributed by atoms with Crippen molar-refractivity contribution in [3.63, 3.8) is 0 Å². The molecular weight excluding hydrogens is 330 g/mol. The number of benzene rings is 1. The van der Waals surface area contributed by atoms with Gasteiger partial charge < -0.3 is 9.88 Å². The van der Waals surface area contributed by atoms with Crippen LogP contribution in [0.4, 0.5) is 5.69 Å². The minimum absolute atomic E-state index is 0.0923. The highest BCUT2D eigenvalue weighted by Crippen LogP contribution is 2.37. The van der Waals surface area contributed by atoms with Crippen LogP contribution in [0, 0.1) is 11.3 Å². The van der Waals surface area contributed by atoms with Crippen LogP contribution < -0.4 is 5.32 Å². The lowest BCUT2D eigenvalue weighted by Crippen LogP contribution is -2.15. The zero-order valence-corrected chi connectivity index (χ0v) is 13.9. The molecule has 1 amide bonds. The summed E-state index contributed by atoms with van der Waals surface area (Å²) in [6, 6.07) is 10.1. The van der Waals surface area contributed by atoms with Crippen LogP contribution in [-0.2, 0) is 4.79 Å². The summed E-state index contributed by atoms with van der Waals surface area (Å²) in [5.41, 5.74) is 0.738. The van der Waals surface area contributed by atoms with Crippen LogP contribution in [0.3, 0.4) is 0 Å². The molecule has 3 rings (SSSR count). The first kappa shape index (κ1) is 15.9. The number of rotatable bonds is 7. The summed E-state index contributed by atoms with van der Waals surface area (Å²) in [6.45, 7) is 0. The average molecular weight is 345 g/mol. The van der Waals surface area contributed by atoms with E-state index in [4.69, 9.17) is 5.26 Å².